The minimum Gasteiger partial charge on any atom is -0.507 e. The third-order valence-corrected chi connectivity index (χ3v) is 5.73. The SMILES string of the molecule is CC(C)CCOc1cccc(C2C(=C(O)c3ccccc3)C(=O)C(=O)N2CCCN(C)C)c1. The van der Waals surface area contributed by atoms with Crippen molar-refractivity contribution in [1.82, 2.24) is 9.80 Å². The zero-order chi connectivity index (χ0) is 24.0. The van der Waals surface area contributed by atoms with Crippen molar-refractivity contribution in [3.63, 3.8) is 0 Å². The molecule has 1 atom stereocenters. The number of ketones is 1. The Morgan fingerprint density at radius 1 is 1.09 bits per heavy atom. The van der Waals surface area contributed by atoms with E-state index in [0.717, 1.165) is 18.5 Å². The fourth-order valence-corrected chi connectivity index (χ4v) is 3.95. The van der Waals surface area contributed by atoms with E-state index in [0.29, 0.717) is 36.8 Å². The van der Waals surface area contributed by atoms with Gasteiger partial charge in [-0.1, -0.05) is 56.3 Å². The van der Waals surface area contributed by atoms with E-state index >= 15 is 0 Å². The Morgan fingerprint density at radius 2 is 1.82 bits per heavy atom. The number of rotatable bonds is 10. The normalized spacial score (nSPS) is 17.9. The van der Waals surface area contributed by atoms with E-state index in [1.807, 2.05) is 49.3 Å². The molecule has 2 aromatic rings. The van der Waals surface area contributed by atoms with Crippen molar-refractivity contribution in [2.24, 2.45) is 5.92 Å². The van der Waals surface area contributed by atoms with Gasteiger partial charge in [0.2, 0.25) is 0 Å². The van der Waals surface area contributed by atoms with Crippen LogP contribution in [0.1, 0.15) is 43.9 Å². The molecule has 0 radical (unpaired) electrons. The highest BCUT2D eigenvalue weighted by Crippen LogP contribution is 2.40. The highest BCUT2D eigenvalue weighted by atomic mass is 16.5. The van der Waals surface area contributed by atoms with Crippen LogP contribution in [0.3, 0.4) is 0 Å². The van der Waals surface area contributed by atoms with Crippen molar-refractivity contribution in [2.75, 3.05) is 33.8 Å². The standard InChI is InChI=1S/C27H34N2O4/c1-19(2)14-17-33-22-13-8-12-21(18-22)24-23(25(30)20-10-6-5-7-11-20)26(31)27(32)29(24)16-9-15-28(3)4/h5-8,10-13,18-19,24,30H,9,14-17H2,1-4H3. The topological polar surface area (TPSA) is 70.1 Å². The fraction of sp³-hybridized carbons (Fsp3) is 0.407. The summed E-state index contributed by atoms with van der Waals surface area (Å²) in [6.45, 7) is 6.08. The molecule has 0 aromatic heterocycles. The lowest BCUT2D eigenvalue weighted by Crippen LogP contribution is -2.32. The van der Waals surface area contributed by atoms with Crippen LogP contribution in [-0.4, -0.2) is 60.4 Å². The van der Waals surface area contributed by atoms with Gasteiger partial charge in [0.1, 0.15) is 11.5 Å². The molecule has 1 unspecified atom stereocenters. The molecule has 33 heavy (non-hydrogen) atoms. The second-order valence-electron chi connectivity index (χ2n) is 9.12. The summed E-state index contributed by atoms with van der Waals surface area (Å²) in [5, 5.41) is 11.1. The summed E-state index contributed by atoms with van der Waals surface area (Å²) >= 11 is 0. The van der Waals surface area contributed by atoms with E-state index in [1.165, 1.54) is 0 Å². The number of carbonyl (C=O) groups is 2. The zero-order valence-electron chi connectivity index (χ0n) is 20.0. The lowest BCUT2D eigenvalue weighted by atomic mass is 9.95. The molecule has 1 saturated heterocycles. The van der Waals surface area contributed by atoms with Gasteiger partial charge in [0.25, 0.3) is 11.7 Å². The first-order chi connectivity index (χ1) is 15.8. The first-order valence-corrected chi connectivity index (χ1v) is 11.5. The monoisotopic (exact) mass is 450 g/mol. The van der Waals surface area contributed by atoms with Crippen molar-refractivity contribution < 1.29 is 19.4 Å². The number of Topliss-reactive ketones (excluding diaryl/α,β-unsaturated/α-hetero) is 1. The number of aliphatic hydroxyl groups is 1. The van der Waals surface area contributed by atoms with Crippen LogP contribution < -0.4 is 4.74 Å². The molecule has 6 nitrogen and oxygen atoms in total. The number of nitrogens with zero attached hydrogens (tertiary/aromatic N) is 2. The van der Waals surface area contributed by atoms with E-state index < -0.39 is 17.7 Å². The van der Waals surface area contributed by atoms with E-state index in [1.54, 1.807) is 29.2 Å². The summed E-state index contributed by atoms with van der Waals surface area (Å²) < 4.78 is 5.93. The predicted molar refractivity (Wildman–Crippen MR) is 130 cm³/mol. The van der Waals surface area contributed by atoms with Gasteiger partial charge in [-0.05, 0) is 57.1 Å². The first kappa shape index (κ1) is 24.5. The Balaban J connectivity index is 2.01. The molecule has 1 fully saturated rings. The quantitative estimate of drug-likeness (QED) is 0.328. The fourth-order valence-electron chi connectivity index (χ4n) is 3.95. The molecule has 1 aliphatic heterocycles. The van der Waals surface area contributed by atoms with Crippen molar-refractivity contribution in [3.8, 4) is 5.75 Å². The number of likely N-dealkylation sites (tertiary alicyclic amines) is 1. The number of amides is 1. The van der Waals surface area contributed by atoms with E-state index in [9.17, 15) is 14.7 Å². The molecule has 0 spiro atoms. The van der Waals surface area contributed by atoms with Gasteiger partial charge in [-0.15, -0.1) is 0 Å². The second-order valence-corrected chi connectivity index (χ2v) is 9.12. The molecule has 6 heteroatoms. The molecule has 1 amide bonds. The van der Waals surface area contributed by atoms with Crippen molar-refractivity contribution in [1.29, 1.82) is 0 Å². The van der Waals surface area contributed by atoms with Crippen molar-refractivity contribution in [3.05, 3.63) is 71.3 Å². The Bertz CT molecular complexity index is 998. The van der Waals surface area contributed by atoms with Gasteiger partial charge in [-0.2, -0.15) is 0 Å². The molecular formula is C27H34N2O4. The van der Waals surface area contributed by atoms with Crippen LogP contribution in [0.4, 0.5) is 0 Å². The Hall–Kier alpha value is -3.12. The number of benzene rings is 2. The van der Waals surface area contributed by atoms with Crippen LogP contribution in [-0.2, 0) is 9.59 Å². The number of carbonyl (C=O) groups excluding carboxylic acids is 2. The maximum absolute atomic E-state index is 13.1. The van der Waals surface area contributed by atoms with Crippen LogP contribution >= 0.6 is 0 Å². The Morgan fingerprint density at radius 3 is 2.48 bits per heavy atom. The van der Waals surface area contributed by atoms with Crippen LogP contribution in [0, 0.1) is 5.92 Å². The summed E-state index contributed by atoms with van der Waals surface area (Å²) in [7, 11) is 3.94. The lowest BCUT2D eigenvalue weighted by Gasteiger charge is -2.26. The molecule has 1 heterocycles. The smallest absolute Gasteiger partial charge is 0.295 e. The molecule has 0 saturated carbocycles. The average molecular weight is 451 g/mol. The van der Waals surface area contributed by atoms with Crippen LogP contribution in [0.25, 0.3) is 5.76 Å². The first-order valence-electron chi connectivity index (χ1n) is 11.5. The van der Waals surface area contributed by atoms with Crippen molar-refractivity contribution >= 4 is 17.4 Å². The average Bonchev–Trinajstić information content (AvgIpc) is 3.04. The van der Waals surface area contributed by atoms with Gasteiger partial charge in [0.05, 0.1) is 18.2 Å². The minimum atomic E-state index is -0.666. The predicted octanol–water partition coefficient (Wildman–Crippen LogP) is 4.48. The molecular weight excluding hydrogens is 416 g/mol. The van der Waals surface area contributed by atoms with E-state index in [2.05, 4.69) is 13.8 Å². The van der Waals surface area contributed by atoms with Crippen LogP contribution in [0.2, 0.25) is 0 Å². The molecule has 176 valence electrons. The van der Waals surface area contributed by atoms with Gasteiger partial charge in [-0.25, -0.2) is 0 Å². The number of aliphatic hydroxyl groups excluding tert-OH is 1. The maximum Gasteiger partial charge on any atom is 0.295 e. The number of hydrogen-bond acceptors (Lipinski definition) is 5. The molecule has 1 N–H and O–H groups in total. The van der Waals surface area contributed by atoms with Gasteiger partial charge in [-0.3, -0.25) is 9.59 Å². The molecule has 3 rings (SSSR count). The summed E-state index contributed by atoms with van der Waals surface area (Å²) in [6, 6.07) is 15.7. The summed E-state index contributed by atoms with van der Waals surface area (Å²) in [4.78, 5) is 29.7. The lowest BCUT2D eigenvalue weighted by molar-refractivity contribution is -0.139. The van der Waals surface area contributed by atoms with Gasteiger partial charge in [0, 0.05) is 12.1 Å². The van der Waals surface area contributed by atoms with Crippen LogP contribution in [0.5, 0.6) is 5.75 Å². The Labute approximate surface area is 196 Å². The van der Waals surface area contributed by atoms with Gasteiger partial charge in [0.15, 0.2) is 0 Å². The van der Waals surface area contributed by atoms with E-state index in [-0.39, 0.29) is 11.3 Å². The summed E-state index contributed by atoms with van der Waals surface area (Å²) in [5.74, 6) is -0.172. The van der Waals surface area contributed by atoms with E-state index in [4.69, 9.17) is 4.74 Å². The van der Waals surface area contributed by atoms with Gasteiger partial charge < -0.3 is 19.6 Å². The minimum absolute atomic E-state index is 0.121. The second kappa shape index (κ2) is 11.1. The number of hydrogen-bond donors (Lipinski definition) is 1. The maximum atomic E-state index is 13.1. The molecule has 2 aromatic carbocycles. The zero-order valence-corrected chi connectivity index (χ0v) is 20.0. The van der Waals surface area contributed by atoms with Gasteiger partial charge >= 0.3 is 0 Å². The van der Waals surface area contributed by atoms with Crippen LogP contribution in [0.15, 0.2) is 60.2 Å². The molecule has 0 bridgehead atoms. The Kier molecular flexibility index (Phi) is 8.28. The summed E-state index contributed by atoms with van der Waals surface area (Å²) in [5.41, 5.74) is 1.38. The highest BCUT2D eigenvalue weighted by molar-refractivity contribution is 6.46. The summed E-state index contributed by atoms with van der Waals surface area (Å²) in [6.07, 6.45) is 1.65. The highest BCUT2D eigenvalue weighted by Gasteiger charge is 2.45. The largest absolute Gasteiger partial charge is 0.507 e. The number of ether oxygens (including phenoxy) is 1. The molecule has 1 aliphatic rings. The third-order valence-electron chi connectivity index (χ3n) is 5.73. The van der Waals surface area contributed by atoms with Crippen molar-refractivity contribution in [2.45, 2.75) is 32.7 Å². The molecule has 0 aliphatic carbocycles. The third kappa shape index (κ3) is 6.02.